The summed E-state index contributed by atoms with van der Waals surface area (Å²) in [6.07, 6.45) is 4.51. The van der Waals surface area contributed by atoms with Crippen LogP contribution in [-0.2, 0) is 6.54 Å². The summed E-state index contributed by atoms with van der Waals surface area (Å²) in [6, 6.07) is 0. The molecule has 2 N–H and O–H groups in total. The maximum atomic E-state index is 4.43. The number of hydrogen-bond donors (Lipinski definition) is 2. The summed E-state index contributed by atoms with van der Waals surface area (Å²) >= 11 is 0. The first-order valence-electron chi connectivity index (χ1n) is 6.08. The second-order valence-corrected chi connectivity index (χ2v) is 5.53. The zero-order valence-electron chi connectivity index (χ0n) is 10.5. The standard InChI is InChI=1S/C12H22N4/c1-12(2,3)14-9-10-8-13-11(15-10)16-6-4-5-7-16/h8,14H,4-7,9H2,1-3H3,(H,13,15). The highest BCUT2D eigenvalue weighted by Gasteiger charge is 2.15. The van der Waals surface area contributed by atoms with Crippen molar-refractivity contribution in [2.75, 3.05) is 18.0 Å². The average Bonchev–Trinajstić information content (AvgIpc) is 2.84. The van der Waals surface area contributed by atoms with E-state index in [0.29, 0.717) is 0 Å². The molecule has 0 atom stereocenters. The molecule has 0 bridgehead atoms. The number of H-pyrrole nitrogens is 1. The van der Waals surface area contributed by atoms with Crippen LogP contribution in [0, 0.1) is 0 Å². The van der Waals surface area contributed by atoms with Crippen molar-refractivity contribution in [3.8, 4) is 0 Å². The van der Waals surface area contributed by atoms with E-state index in [9.17, 15) is 0 Å². The van der Waals surface area contributed by atoms with Crippen molar-refractivity contribution in [3.05, 3.63) is 11.9 Å². The van der Waals surface area contributed by atoms with Gasteiger partial charge in [-0.1, -0.05) is 0 Å². The maximum absolute atomic E-state index is 4.43. The first-order valence-corrected chi connectivity index (χ1v) is 6.08. The van der Waals surface area contributed by atoms with Gasteiger partial charge in [0.05, 0.1) is 11.9 Å². The predicted octanol–water partition coefficient (Wildman–Crippen LogP) is 1.90. The van der Waals surface area contributed by atoms with E-state index in [1.807, 2.05) is 6.20 Å². The largest absolute Gasteiger partial charge is 0.342 e. The number of nitrogens with one attached hydrogen (secondary N) is 2. The lowest BCUT2D eigenvalue weighted by atomic mass is 10.1. The Morgan fingerprint density at radius 3 is 2.69 bits per heavy atom. The Hall–Kier alpha value is -1.03. The van der Waals surface area contributed by atoms with E-state index in [1.165, 1.54) is 12.8 Å². The first kappa shape index (κ1) is 11.5. The van der Waals surface area contributed by atoms with Gasteiger partial charge in [0, 0.05) is 25.2 Å². The summed E-state index contributed by atoms with van der Waals surface area (Å²) in [5, 5.41) is 3.45. The normalized spacial score (nSPS) is 17.1. The van der Waals surface area contributed by atoms with Gasteiger partial charge in [-0.2, -0.15) is 0 Å². The lowest BCUT2D eigenvalue weighted by Gasteiger charge is -2.19. The van der Waals surface area contributed by atoms with Crippen LogP contribution in [0.2, 0.25) is 0 Å². The molecule has 0 saturated carbocycles. The van der Waals surface area contributed by atoms with Gasteiger partial charge in [-0.15, -0.1) is 0 Å². The molecule has 1 aromatic rings. The summed E-state index contributed by atoms with van der Waals surface area (Å²) in [5.41, 5.74) is 1.32. The Kier molecular flexibility index (Phi) is 3.19. The number of nitrogens with zero attached hydrogens (tertiary/aromatic N) is 2. The van der Waals surface area contributed by atoms with Crippen LogP contribution >= 0.6 is 0 Å². The summed E-state index contributed by atoms with van der Waals surface area (Å²) in [6.45, 7) is 9.64. The number of rotatable bonds is 3. The Morgan fingerprint density at radius 2 is 2.06 bits per heavy atom. The molecule has 90 valence electrons. The third-order valence-corrected chi connectivity index (χ3v) is 2.83. The minimum absolute atomic E-state index is 0.152. The van der Waals surface area contributed by atoms with Crippen molar-refractivity contribution < 1.29 is 0 Å². The topological polar surface area (TPSA) is 44.0 Å². The van der Waals surface area contributed by atoms with Gasteiger partial charge >= 0.3 is 0 Å². The van der Waals surface area contributed by atoms with Crippen LogP contribution in [0.25, 0.3) is 0 Å². The van der Waals surface area contributed by atoms with E-state index < -0.39 is 0 Å². The minimum atomic E-state index is 0.152. The molecule has 0 amide bonds. The Labute approximate surface area is 97.4 Å². The summed E-state index contributed by atoms with van der Waals surface area (Å²) in [4.78, 5) is 10.1. The quantitative estimate of drug-likeness (QED) is 0.821. The van der Waals surface area contributed by atoms with Gasteiger partial charge in [-0.25, -0.2) is 4.98 Å². The van der Waals surface area contributed by atoms with E-state index >= 15 is 0 Å². The fourth-order valence-corrected chi connectivity index (χ4v) is 1.89. The highest BCUT2D eigenvalue weighted by molar-refractivity contribution is 5.32. The molecule has 1 aromatic heterocycles. The van der Waals surface area contributed by atoms with Crippen LogP contribution in [0.5, 0.6) is 0 Å². The van der Waals surface area contributed by atoms with Crippen molar-refractivity contribution >= 4 is 5.95 Å². The summed E-state index contributed by atoms with van der Waals surface area (Å²) < 4.78 is 0. The first-order chi connectivity index (χ1) is 7.54. The minimum Gasteiger partial charge on any atom is -0.342 e. The van der Waals surface area contributed by atoms with Crippen molar-refractivity contribution in [1.82, 2.24) is 15.3 Å². The molecule has 0 aliphatic carbocycles. The van der Waals surface area contributed by atoms with Gasteiger partial charge in [0.15, 0.2) is 0 Å². The molecule has 2 rings (SSSR count). The van der Waals surface area contributed by atoms with Crippen LogP contribution in [0.15, 0.2) is 6.20 Å². The van der Waals surface area contributed by atoms with Gasteiger partial charge in [-0.05, 0) is 33.6 Å². The second kappa shape index (κ2) is 4.45. The zero-order valence-corrected chi connectivity index (χ0v) is 10.5. The Morgan fingerprint density at radius 1 is 1.38 bits per heavy atom. The Balaban J connectivity index is 1.91. The van der Waals surface area contributed by atoms with Crippen molar-refractivity contribution in [3.63, 3.8) is 0 Å². The molecule has 16 heavy (non-hydrogen) atoms. The molecule has 2 heterocycles. The molecule has 0 spiro atoms. The number of hydrogen-bond acceptors (Lipinski definition) is 3. The monoisotopic (exact) mass is 222 g/mol. The average molecular weight is 222 g/mol. The van der Waals surface area contributed by atoms with Gasteiger partial charge < -0.3 is 15.2 Å². The van der Waals surface area contributed by atoms with Crippen LogP contribution in [-0.4, -0.2) is 28.6 Å². The third-order valence-electron chi connectivity index (χ3n) is 2.83. The number of anilines is 1. The smallest absolute Gasteiger partial charge is 0.202 e. The number of imidazole rings is 1. The molecule has 0 unspecified atom stereocenters. The van der Waals surface area contributed by atoms with E-state index in [1.54, 1.807) is 0 Å². The van der Waals surface area contributed by atoms with Gasteiger partial charge in [0.1, 0.15) is 0 Å². The van der Waals surface area contributed by atoms with E-state index in [2.05, 4.69) is 41.0 Å². The lowest BCUT2D eigenvalue weighted by Crippen LogP contribution is -2.35. The predicted molar refractivity (Wildman–Crippen MR) is 66.6 cm³/mol. The molecule has 1 aliphatic heterocycles. The molecular weight excluding hydrogens is 200 g/mol. The Bertz CT molecular complexity index is 331. The van der Waals surface area contributed by atoms with Crippen molar-refractivity contribution in [2.45, 2.75) is 45.7 Å². The highest BCUT2D eigenvalue weighted by atomic mass is 15.3. The van der Waals surface area contributed by atoms with Crippen LogP contribution in [0.1, 0.15) is 39.3 Å². The molecule has 1 fully saturated rings. The van der Waals surface area contributed by atoms with Crippen molar-refractivity contribution in [1.29, 1.82) is 0 Å². The van der Waals surface area contributed by atoms with Crippen LogP contribution in [0.4, 0.5) is 5.95 Å². The van der Waals surface area contributed by atoms with E-state index in [-0.39, 0.29) is 5.54 Å². The highest BCUT2D eigenvalue weighted by Crippen LogP contribution is 2.16. The lowest BCUT2D eigenvalue weighted by molar-refractivity contribution is 0.421. The summed E-state index contributed by atoms with van der Waals surface area (Å²) in [5.74, 6) is 1.03. The molecular formula is C12H22N4. The molecule has 0 radical (unpaired) electrons. The van der Waals surface area contributed by atoms with Crippen LogP contribution in [0.3, 0.4) is 0 Å². The molecule has 4 heteroatoms. The van der Waals surface area contributed by atoms with Crippen molar-refractivity contribution in [2.24, 2.45) is 0 Å². The summed E-state index contributed by atoms with van der Waals surface area (Å²) in [7, 11) is 0. The van der Waals surface area contributed by atoms with Crippen LogP contribution < -0.4 is 10.2 Å². The molecule has 0 aromatic carbocycles. The van der Waals surface area contributed by atoms with E-state index in [0.717, 1.165) is 31.3 Å². The number of aromatic nitrogens is 2. The van der Waals surface area contributed by atoms with Gasteiger partial charge in [-0.3, -0.25) is 0 Å². The maximum Gasteiger partial charge on any atom is 0.202 e. The molecule has 1 aliphatic rings. The van der Waals surface area contributed by atoms with E-state index in [4.69, 9.17) is 0 Å². The third kappa shape index (κ3) is 2.98. The zero-order chi connectivity index (χ0) is 11.6. The molecule has 1 saturated heterocycles. The number of aromatic amines is 1. The fourth-order valence-electron chi connectivity index (χ4n) is 1.89. The fraction of sp³-hybridized carbons (Fsp3) is 0.750. The SMILES string of the molecule is CC(C)(C)NCc1cnc(N2CCCC2)[nH]1. The van der Waals surface area contributed by atoms with Gasteiger partial charge in [0.25, 0.3) is 0 Å². The molecule has 4 nitrogen and oxygen atoms in total. The van der Waals surface area contributed by atoms with Gasteiger partial charge in [0.2, 0.25) is 5.95 Å². The second-order valence-electron chi connectivity index (χ2n) is 5.53.